The molecule has 8 nitrogen and oxygen atoms in total. The molecule has 32 heavy (non-hydrogen) atoms. The van der Waals surface area contributed by atoms with Gasteiger partial charge in [-0.1, -0.05) is 11.9 Å². The Bertz CT molecular complexity index is 979. The SMILES string of the molecule is COc1ccc2c(N3CCC4(CC3)OCCO4)c(C(=O)N3CCN(SC)CC3)cnc2c1. The molecule has 2 aromatic rings. The number of nitrogens with zero attached hydrogens (tertiary/aromatic N) is 4. The second-order valence-electron chi connectivity index (χ2n) is 8.40. The first-order chi connectivity index (χ1) is 15.6. The van der Waals surface area contributed by atoms with Gasteiger partial charge in [0.05, 0.1) is 37.1 Å². The van der Waals surface area contributed by atoms with Crippen LogP contribution >= 0.6 is 11.9 Å². The maximum absolute atomic E-state index is 13.6. The van der Waals surface area contributed by atoms with Crippen LogP contribution in [0.5, 0.6) is 5.75 Å². The lowest BCUT2D eigenvalue weighted by molar-refractivity contribution is -0.169. The Morgan fingerprint density at radius 3 is 2.47 bits per heavy atom. The number of carbonyl (C=O) groups is 1. The average molecular weight is 459 g/mol. The molecule has 3 aliphatic heterocycles. The number of fused-ring (bicyclic) bond motifs is 1. The summed E-state index contributed by atoms with van der Waals surface area (Å²) in [5, 5.41) is 0.976. The molecule has 5 rings (SSSR count). The number of hydrogen-bond donors (Lipinski definition) is 0. The molecular formula is C23H30N4O4S. The second-order valence-corrected chi connectivity index (χ2v) is 9.28. The zero-order chi connectivity index (χ0) is 22.1. The van der Waals surface area contributed by atoms with Crippen molar-refractivity contribution in [1.82, 2.24) is 14.2 Å². The molecular weight excluding hydrogens is 428 g/mol. The van der Waals surface area contributed by atoms with E-state index in [-0.39, 0.29) is 5.91 Å². The molecule has 0 aliphatic carbocycles. The number of pyridine rings is 1. The van der Waals surface area contributed by atoms with E-state index in [2.05, 4.69) is 20.4 Å². The number of amides is 1. The van der Waals surface area contributed by atoms with Crippen molar-refractivity contribution in [3.05, 3.63) is 30.0 Å². The van der Waals surface area contributed by atoms with Crippen LogP contribution in [-0.4, -0.2) is 91.7 Å². The highest BCUT2D eigenvalue weighted by Crippen LogP contribution is 2.38. The third-order valence-electron chi connectivity index (χ3n) is 6.72. The summed E-state index contributed by atoms with van der Waals surface area (Å²) in [6.45, 7) is 6.06. The van der Waals surface area contributed by atoms with Crippen molar-refractivity contribution in [3.8, 4) is 5.75 Å². The summed E-state index contributed by atoms with van der Waals surface area (Å²) < 4.78 is 19.5. The molecule has 1 aromatic heterocycles. The number of ether oxygens (including phenoxy) is 3. The van der Waals surface area contributed by atoms with Crippen LogP contribution in [0, 0.1) is 0 Å². The molecule has 0 unspecified atom stereocenters. The van der Waals surface area contributed by atoms with E-state index in [1.165, 1.54) is 0 Å². The van der Waals surface area contributed by atoms with Crippen molar-refractivity contribution < 1.29 is 19.0 Å². The van der Waals surface area contributed by atoms with Crippen LogP contribution < -0.4 is 9.64 Å². The zero-order valence-corrected chi connectivity index (χ0v) is 19.5. The average Bonchev–Trinajstić information content (AvgIpc) is 3.31. The Balaban J connectivity index is 1.49. The van der Waals surface area contributed by atoms with Crippen LogP contribution in [0.25, 0.3) is 10.9 Å². The summed E-state index contributed by atoms with van der Waals surface area (Å²) in [7, 11) is 1.65. The minimum atomic E-state index is -0.457. The van der Waals surface area contributed by atoms with E-state index in [0.717, 1.165) is 74.5 Å². The van der Waals surface area contributed by atoms with Gasteiger partial charge in [0.15, 0.2) is 5.79 Å². The normalized spacial score (nSPS) is 21.4. The van der Waals surface area contributed by atoms with Gasteiger partial charge in [-0.15, -0.1) is 0 Å². The van der Waals surface area contributed by atoms with Crippen LogP contribution in [0.1, 0.15) is 23.2 Å². The smallest absolute Gasteiger partial charge is 0.257 e. The van der Waals surface area contributed by atoms with E-state index in [4.69, 9.17) is 14.2 Å². The molecule has 1 spiro atoms. The van der Waals surface area contributed by atoms with Crippen LogP contribution in [-0.2, 0) is 9.47 Å². The number of benzene rings is 1. The Hall–Kier alpha value is -2.07. The van der Waals surface area contributed by atoms with E-state index < -0.39 is 5.79 Å². The fraction of sp³-hybridized carbons (Fsp3) is 0.565. The number of methoxy groups -OCH3 is 1. The van der Waals surface area contributed by atoms with Gasteiger partial charge in [0, 0.05) is 69.8 Å². The molecule has 4 heterocycles. The molecule has 0 saturated carbocycles. The third-order valence-corrected chi connectivity index (χ3v) is 7.60. The number of piperazine rings is 1. The monoisotopic (exact) mass is 458 g/mol. The van der Waals surface area contributed by atoms with Gasteiger partial charge < -0.3 is 24.0 Å². The molecule has 172 valence electrons. The highest BCUT2D eigenvalue weighted by atomic mass is 32.2. The minimum Gasteiger partial charge on any atom is -0.497 e. The van der Waals surface area contributed by atoms with E-state index in [1.54, 1.807) is 25.3 Å². The van der Waals surface area contributed by atoms with Crippen molar-refractivity contribution in [2.24, 2.45) is 0 Å². The largest absolute Gasteiger partial charge is 0.497 e. The van der Waals surface area contributed by atoms with Gasteiger partial charge >= 0.3 is 0 Å². The maximum Gasteiger partial charge on any atom is 0.257 e. The Morgan fingerprint density at radius 2 is 1.81 bits per heavy atom. The summed E-state index contributed by atoms with van der Waals surface area (Å²) in [6.07, 6.45) is 5.39. The van der Waals surface area contributed by atoms with E-state index >= 15 is 0 Å². The predicted octanol–water partition coefficient (Wildman–Crippen LogP) is 2.62. The summed E-state index contributed by atoms with van der Waals surface area (Å²) in [5.74, 6) is 0.356. The first-order valence-corrected chi connectivity index (χ1v) is 12.4. The van der Waals surface area contributed by atoms with E-state index in [9.17, 15) is 4.79 Å². The van der Waals surface area contributed by atoms with Gasteiger partial charge in [-0.3, -0.25) is 9.78 Å². The van der Waals surface area contributed by atoms with E-state index in [1.807, 2.05) is 23.1 Å². The number of hydrogen-bond acceptors (Lipinski definition) is 8. The van der Waals surface area contributed by atoms with Crippen LogP contribution in [0.4, 0.5) is 5.69 Å². The third kappa shape index (κ3) is 4.03. The molecule has 0 radical (unpaired) electrons. The van der Waals surface area contributed by atoms with Crippen molar-refractivity contribution in [3.63, 3.8) is 0 Å². The highest BCUT2D eigenvalue weighted by molar-refractivity contribution is 7.96. The number of anilines is 1. The first-order valence-electron chi connectivity index (χ1n) is 11.2. The minimum absolute atomic E-state index is 0.0552. The molecule has 0 atom stereocenters. The summed E-state index contributed by atoms with van der Waals surface area (Å²) in [5.41, 5.74) is 2.46. The van der Waals surface area contributed by atoms with Crippen molar-refractivity contribution in [1.29, 1.82) is 0 Å². The van der Waals surface area contributed by atoms with Crippen molar-refractivity contribution >= 4 is 34.4 Å². The number of aromatic nitrogens is 1. The van der Waals surface area contributed by atoms with Crippen molar-refractivity contribution in [2.75, 3.05) is 70.7 Å². The molecule has 1 amide bonds. The van der Waals surface area contributed by atoms with Gasteiger partial charge in [0.1, 0.15) is 5.75 Å². The molecule has 0 N–H and O–H groups in total. The summed E-state index contributed by atoms with van der Waals surface area (Å²) in [4.78, 5) is 22.5. The zero-order valence-electron chi connectivity index (χ0n) is 18.7. The lowest BCUT2D eigenvalue weighted by Crippen LogP contribution is -2.48. The molecule has 3 fully saturated rings. The Labute approximate surface area is 192 Å². The van der Waals surface area contributed by atoms with Crippen LogP contribution in [0.15, 0.2) is 24.4 Å². The van der Waals surface area contributed by atoms with Gasteiger partial charge in [0.2, 0.25) is 0 Å². The lowest BCUT2D eigenvalue weighted by Gasteiger charge is -2.40. The fourth-order valence-corrected chi connectivity index (χ4v) is 5.41. The predicted molar refractivity (Wildman–Crippen MR) is 125 cm³/mol. The molecule has 3 aliphatic rings. The summed E-state index contributed by atoms with van der Waals surface area (Å²) in [6, 6.07) is 5.89. The van der Waals surface area contributed by atoms with Crippen LogP contribution in [0.3, 0.4) is 0 Å². The number of piperidine rings is 1. The number of rotatable bonds is 4. The molecule has 0 bridgehead atoms. The van der Waals surface area contributed by atoms with Crippen LogP contribution in [0.2, 0.25) is 0 Å². The van der Waals surface area contributed by atoms with Gasteiger partial charge in [-0.2, -0.15) is 0 Å². The van der Waals surface area contributed by atoms with E-state index in [0.29, 0.717) is 18.8 Å². The Morgan fingerprint density at radius 1 is 1.09 bits per heavy atom. The first kappa shape index (κ1) is 21.8. The summed E-state index contributed by atoms with van der Waals surface area (Å²) >= 11 is 1.73. The topological polar surface area (TPSA) is 67.4 Å². The molecule has 9 heteroatoms. The molecule has 3 saturated heterocycles. The standard InChI is InChI=1S/C23H30N4O4S/c1-29-17-3-4-18-20(15-17)24-16-19(22(28)26-9-11-27(32-2)12-10-26)21(18)25-7-5-23(6-8-25)30-13-14-31-23/h3-4,15-16H,5-14H2,1-2H3. The number of carbonyl (C=O) groups excluding carboxylic acids is 1. The highest BCUT2D eigenvalue weighted by Gasteiger charge is 2.41. The van der Waals surface area contributed by atoms with Gasteiger partial charge in [-0.05, 0) is 18.4 Å². The quantitative estimate of drug-likeness (QED) is 0.648. The lowest BCUT2D eigenvalue weighted by atomic mass is 9.99. The fourth-order valence-electron chi connectivity index (χ4n) is 4.88. The van der Waals surface area contributed by atoms with Gasteiger partial charge in [-0.25, -0.2) is 4.31 Å². The molecule has 1 aromatic carbocycles. The Kier molecular flexibility index (Phi) is 6.16. The second kappa shape index (κ2) is 9.05. The van der Waals surface area contributed by atoms with Crippen molar-refractivity contribution in [2.45, 2.75) is 18.6 Å². The maximum atomic E-state index is 13.6. The van der Waals surface area contributed by atoms with Gasteiger partial charge in [0.25, 0.3) is 5.91 Å².